The fraction of sp³-hybridized carbons (Fsp3) is 0.167. The lowest BCUT2D eigenvalue weighted by Gasteiger charge is -2.37. The van der Waals surface area contributed by atoms with Crippen LogP contribution in [-0.4, -0.2) is 26.2 Å². The Labute approximate surface area is 185 Å². The van der Waals surface area contributed by atoms with Gasteiger partial charge in [-0.2, -0.15) is 0 Å². The maximum absolute atomic E-state index is 14.1. The predicted molar refractivity (Wildman–Crippen MR) is 120 cm³/mol. The van der Waals surface area contributed by atoms with Crippen LogP contribution in [-0.2, 0) is 21.2 Å². The zero-order chi connectivity index (χ0) is 22.9. The van der Waals surface area contributed by atoms with Crippen LogP contribution < -0.4 is 9.62 Å². The molecular weight excluding hydrogens is 431 g/mol. The molecule has 1 aliphatic rings. The molecule has 4 rings (SSSR count). The summed E-state index contributed by atoms with van der Waals surface area (Å²) in [7, 11) is -4.20. The largest absolute Gasteiger partial charge is 0.322 e. The van der Waals surface area contributed by atoms with E-state index in [0.717, 1.165) is 9.87 Å². The molecule has 0 spiro atoms. The summed E-state index contributed by atoms with van der Waals surface area (Å²) in [4.78, 5) is 24.9. The molecule has 1 unspecified atom stereocenters. The maximum Gasteiger partial charge on any atom is 0.265 e. The molecule has 1 N–H and O–H groups in total. The van der Waals surface area contributed by atoms with Crippen LogP contribution in [0.1, 0.15) is 29.3 Å². The van der Waals surface area contributed by atoms with Crippen molar-refractivity contribution in [3.8, 4) is 0 Å². The molecule has 32 heavy (non-hydrogen) atoms. The van der Waals surface area contributed by atoms with E-state index in [4.69, 9.17) is 0 Å². The highest BCUT2D eigenvalue weighted by molar-refractivity contribution is 7.93. The minimum atomic E-state index is -4.20. The summed E-state index contributed by atoms with van der Waals surface area (Å²) in [5.41, 5.74) is 1.41. The molecule has 164 valence electrons. The number of aryl methyl sites for hydroxylation is 1. The number of amides is 1. The van der Waals surface area contributed by atoms with Gasteiger partial charge >= 0.3 is 0 Å². The fourth-order valence-corrected chi connectivity index (χ4v) is 5.54. The smallest absolute Gasteiger partial charge is 0.265 e. The van der Waals surface area contributed by atoms with E-state index < -0.39 is 27.8 Å². The van der Waals surface area contributed by atoms with Crippen LogP contribution in [0.15, 0.2) is 77.7 Å². The van der Waals surface area contributed by atoms with E-state index in [2.05, 4.69) is 5.32 Å². The molecule has 6 nitrogen and oxygen atoms in total. The van der Waals surface area contributed by atoms with Crippen LogP contribution >= 0.6 is 0 Å². The van der Waals surface area contributed by atoms with Gasteiger partial charge in [0, 0.05) is 5.56 Å². The lowest BCUT2D eigenvalue weighted by Crippen LogP contribution is -2.50. The number of nitrogens with zero attached hydrogens (tertiary/aromatic N) is 1. The molecular formula is C24H21FN2O4S. The van der Waals surface area contributed by atoms with Crippen molar-refractivity contribution in [2.75, 3.05) is 9.62 Å². The van der Waals surface area contributed by atoms with Crippen molar-refractivity contribution in [3.05, 3.63) is 89.7 Å². The molecule has 1 heterocycles. The highest BCUT2D eigenvalue weighted by atomic mass is 32.2. The standard InChI is InChI=1S/C24H21FN2O4S/c1-16(28)18-8-6-9-19(15-18)32(30,31)27-22-12-5-2-7-17(22)13-14-23(27)24(29)26-21-11-4-3-10-20(21)25/h2-12,15,23H,13-14H2,1H3,(H,26,29). The van der Waals surface area contributed by atoms with Crippen molar-refractivity contribution in [2.45, 2.75) is 30.7 Å². The Morgan fingerprint density at radius 2 is 1.72 bits per heavy atom. The van der Waals surface area contributed by atoms with Gasteiger partial charge in [-0.05, 0) is 55.7 Å². The number of fused-ring (bicyclic) bond motifs is 1. The number of carbonyl (C=O) groups excluding carboxylic acids is 2. The third-order valence-corrected chi connectivity index (χ3v) is 7.25. The second-order valence-electron chi connectivity index (χ2n) is 7.54. The highest BCUT2D eigenvalue weighted by Crippen LogP contribution is 2.36. The Kier molecular flexibility index (Phi) is 5.80. The molecule has 1 aliphatic heterocycles. The van der Waals surface area contributed by atoms with Crippen molar-refractivity contribution in [1.29, 1.82) is 0 Å². The number of sulfonamides is 1. The van der Waals surface area contributed by atoms with E-state index in [-0.39, 0.29) is 28.4 Å². The summed E-state index contributed by atoms with van der Waals surface area (Å²) in [5, 5.41) is 2.52. The number of hydrogen-bond donors (Lipinski definition) is 1. The summed E-state index contributed by atoms with van der Waals surface area (Å²) < 4.78 is 42.6. The minimum Gasteiger partial charge on any atom is -0.322 e. The number of carbonyl (C=O) groups is 2. The number of para-hydroxylation sites is 2. The maximum atomic E-state index is 14.1. The van der Waals surface area contributed by atoms with Gasteiger partial charge < -0.3 is 5.32 Å². The predicted octanol–water partition coefficient (Wildman–Crippen LogP) is 4.18. The normalized spacial score (nSPS) is 15.7. The number of halogens is 1. The molecule has 1 amide bonds. The summed E-state index contributed by atoms with van der Waals surface area (Å²) >= 11 is 0. The lowest BCUT2D eigenvalue weighted by molar-refractivity contribution is -0.117. The van der Waals surface area contributed by atoms with Gasteiger partial charge in [-0.1, -0.05) is 42.5 Å². The third kappa shape index (κ3) is 4.01. The molecule has 0 radical (unpaired) electrons. The number of hydrogen-bond acceptors (Lipinski definition) is 4. The molecule has 3 aromatic carbocycles. The molecule has 1 atom stereocenters. The van der Waals surface area contributed by atoms with Crippen LogP contribution in [0, 0.1) is 5.82 Å². The summed E-state index contributed by atoms with van der Waals surface area (Å²) in [5.74, 6) is -1.51. The average molecular weight is 453 g/mol. The van der Waals surface area contributed by atoms with Crippen molar-refractivity contribution >= 4 is 33.1 Å². The van der Waals surface area contributed by atoms with E-state index in [1.54, 1.807) is 24.3 Å². The molecule has 8 heteroatoms. The minimum absolute atomic E-state index is 0.0210. The van der Waals surface area contributed by atoms with Crippen LogP contribution in [0.2, 0.25) is 0 Å². The van der Waals surface area contributed by atoms with Gasteiger partial charge in [0.1, 0.15) is 11.9 Å². The number of rotatable bonds is 5. The molecule has 0 saturated heterocycles. The van der Waals surface area contributed by atoms with Gasteiger partial charge in [-0.25, -0.2) is 12.8 Å². The number of anilines is 2. The first-order chi connectivity index (χ1) is 15.3. The molecule has 0 aromatic heterocycles. The van der Waals surface area contributed by atoms with Gasteiger partial charge in [-0.15, -0.1) is 0 Å². The van der Waals surface area contributed by atoms with Crippen molar-refractivity contribution < 1.29 is 22.4 Å². The zero-order valence-corrected chi connectivity index (χ0v) is 18.1. The Morgan fingerprint density at radius 3 is 2.47 bits per heavy atom. The lowest BCUT2D eigenvalue weighted by atomic mass is 9.97. The topological polar surface area (TPSA) is 83.6 Å². The molecule has 0 fully saturated rings. The van der Waals surface area contributed by atoms with Crippen molar-refractivity contribution in [3.63, 3.8) is 0 Å². The van der Waals surface area contributed by atoms with Crippen LogP contribution in [0.4, 0.5) is 15.8 Å². The van der Waals surface area contributed by atoms with Gasteiger partial charge in [0.05, 0.1) is 16.3 Å². The summed E-state index contributed by atoms with van der Waals surface area (Å²) in [6.07, 6.45) is 0.716. The van der Waals surface area contributed by atoms with E-state index in [1.807, 2.05) is 6.07 Å². The van der Waals surface area contributed by atoms with Crippen molar-refractivity contribution in [2.24, 2.45) is 0 Å². The monoisotopic (exact) mass is 452 g/mol. The second kappa shape index (κ2) is 8.55. The van der Waals surface area contributed by atoms with Gasteiger partial charge in [0.25, 0.3) is 10.0 Å². The van der Waals surface area contributed by atoms with Crippen LogP contribution in [0.3, 0.4) is 0 Å². The third-order valence-electron chi connectivity index (χ3n) is 5.43. The molecule has 0 bridgehead atoms. The van der Waals surface area contributed by atoms with Gasteiger partial charge in [-0.3, -0.25) is 13.9 Å². The van der Waals surface area contributed by atoms with Gasteiger partial charge in [0.15, 0.2) is 5.78 Å². The first kappa shape index (κ1) is 21.7. The van der Waals surface area contributed by atoms with E-state index in [1.165, 1.54) is 49.4 Å². The Morgan fingerprint density at radius 1 is 1.00 bits per heavy atom. The van der Waals surface area contributed by atoms with Gasteiger partial charge in [0.2, 0.25) is 5.91 Å². The number of Topliss-reactive ketones (excluding diaryl/α,β-unsaturated/α-hetero) is 1. The Bertz CT molecular complexity index is 1310. The first-order valence-corrected chi connectivity index (χ1v) is 11.5. The highest BCUT2D eigenvalue weighted by Gasteiger charge is 2.40. The molecule has 0 saturated carbocycles. The summed E-state index contributed by atoms with van der Waals surface area (Å²) in [6, 6.07) is 17.3. The van der Waals surface area contributed by atoms with Crippen LogP contribution in [0.5, 0.6) is 0 Å². The van der Waals surface area contributed by atoms with E-state index in [0.29, 0.717) is 12.1 Å². The quantitative estimate of drug-likeness (QED) is 0.589. The number of ketones is 1. The molecule has 0 aliphatic carbocycles. The second-order valence-corrected chi connectivity index (χ2v) is 9.35. The van der Waals surface area contributed by atoms with Crippen molar-refractivity contribution in [1.82, 2.24) is 0 Å². The number of benzene rings is 3. The Hall–Kier alpha value is -3.52. The summed E-state index contributed by atoms with van der Waals surface area (Å²) in [6.45, 7) is 1.35. The fourth-order valence-electron chi connectivity index (χ4n) is 3.82. The first-order valence-electron chi connectivity index (χ1n) is 10.1. The SMILES string of the molecule is CC(=O)c1cccc(S(=O)(=O)N2c3ccccc3CCC2C(=O)Nc2ccccc2F)c1. The Balaban J connectivity index is 1.79. The van der Waals surface area contributed by atoms with E-state index in [9.17, 15) is 22.4 Å². The van der Waals surface area contributed by atoms with Crippen LogP contribution in [0.25, 0.3) is 0 Å². The zero-order valence-electron chi connectivity index (χ0n) is 17.3. The molecule has 3 aromatic rings. The van der Waals surface area contributed by atoms with E-state index >= 15 is 0 Å². The number of nitrogens with one attached hydrogen (secondary N) is 1. The average Bonchev–Trinajstić information content (AvgIpc) is 2.79.